The summed E-state index contributed by atoms with van der Waals surface area (Å²) >= 11 is 0. The van der Waals surface area contributed by atoms with Crippen molar-refractivity contribution in [3.63, 3.8) is 0 Å². The van der Waals surface area contributed by atoms with Crippen LogP contribution in [-0.2, 0) is 15.8 Å². The zero-order valence-electron chi connectivity index (χ0n) is 15.4. The number of aromatic amines is 2. The number of hydrogen-bond donors (Lipinski definition) is 4. The lowest BCUT2D eigenvalue weighted by atomic mass is 10.2. The van der Waals surface area contributed by atoms with Gasteiger partial charge in [-0.15, -0.1) is 0 Å². The molecule has 3 aromatic heterocycles. The molecule has 0 radical (unpaired) electrons. The van der Waals surface area contributed by atoms with Crippen molar-refractivity contribution in [2.24, 2.45) is 0 Å². The Balaban J connectivity index is 1.46. The van der Waals surface area contributed by atoms with Crippen LogP contribution in [-0.4, -0.2) is 34.3 Å². The molecular formula is C19H16N6O4S. The first-order valence-corrected chi connectivity index (χ1v) is 10.4. The van der Waals surface area contributed by atoms with Gasteiger partial charge in [0.05, 0.1) is 34.9 Å². The highest BCUT2D eigenvalue weighted by Crippen LogP contribution is 2.16. The fourth-order valence-corrected chi connectivity index (χ4v) is 4.06. The first-order valence-electron chi connectivity index (χ1n) is 8.78. The smallest absolute Gasteiger partial charge is 0.261 e. The molecule has 0 aliphatic heterocycles. The maximum atomic E-state index is 12.5. The van der Waals surface area contributed by atoms with Crippen LogP contribution in [0.3, 0.4) is 0 Å². The molecule has 3 heterocycles. The summed E-state index contributed by atoms with van der Waals surface area (Å²) in [5.74, 6) is -0.527. The minimum absolute atomic E-state index is 0.119. The van der Waals surface area contributed by atoms with Gasteiger partial charge in [0, 0.05) is 6.20 Å². The van der Waals surface area contributed by atoms with Crippen molar-refractivity contribution in [2.75, 3.05) is 10.0 Å². The number of amides is 1. The third-order valence-electron chi connectivity index (χ3n) is 4.20. The van der Waals surface area contributed by atoms with E-state index in [2.05, 4.69) is 30.0 Å². The maximum absolute atomic E-state index is 12.5. The fourth-order valence-electron chi connectivity index (χ4n) is 2.87. The van der Waals surface area contributed by atoms with Gasteiger partial charge in [-0.3, -0.25) is 14.3 Å². The van der Waals surface area contributed by atoms with Crippen LogP contribution >= 0.6 is 0 Å². The Bertz CT molecular complexity index is 1360. The number of carbonyl (C=O) groups is 1. The zero-order valence-corrected chi connectivity index (χ0v) is 16.2. The molecule has 0 saturated heterocycles. The lowest BCUT2D eigenvalue weighted by molar-refractivity contribution is 0.102. The van der Waals surface area contributed by atoms with E-state index in [1.165, 1.54) is 30.9 Å². The summed E-state index contributed by atoms with van der Waals surface area (Å²) < 4.78 is 27.0. The summed E-state index contributed by atoms with van der Waals surface area (Å²) in [6.07, 6.45) is 3.91. The minimum Gasteiger partial charge on any atom is -0.345 e. The van der Waals surface area contributed by atoms with Gasteiger partial charge in [-0.05, 0) is 17.7 Å². The number of hydrogen-bond acceptors (Lipinski definition) is 6. The van der Waals surface area contributed by atoms with Gasteiger partial charge >= 0.3 is 0 Å². The Labute approximate surface area is 170 Å². The summed E-state index contributed by atoms with van der Waals surface area (Å²) in [5, 5.41) is 2.70. The average Bonchev–Trinajstić information content (AvgIpc) is 3.15. The van der Waals surface area contributed by atoms with Crippen LogP contribution in [0.1, 0.15) is 15.9 Å². The summed E-state index contributed by atoms with van der Waals surface area (Å²) in [7, 11) is -3.61. The van der Waals surface area contributed by atoms with E-state index in [-0.39, 0.29) is 28.2 Å². The van der Waals surface area contributed by atoms with Crippen molar-refractivity contribution >= 4 is 38.5 Å². The average molecular weight is 424 g/mol. The van der Waals surface area contributed by atoms with Crippen LogP contribution < -0.4 is 15.6 Å². The van der Waals surface area contributed by atoms with E-state index in [1.807, 2.05) is 6.07 Å². The van der Waals surface area contributed by atoms with Crippen molar-refractivity contribution in [2.45, 2.75) is 5.75 Å². The number of H-pyrrole nitrogens is 2. The van der Waals surface area contributed by atoms with Gasteiger partial charge in [-0.2, -0.15) is 0 Å². The largest absolute Gasteiger partial charge is 0.345 e. The predicted octanol–water partition coefficient (Wildman–Crippen LogP) is 1.84. The second-order valence-electron chi connectivity index (χ2n) is 6.39. The molecule has 0 unspecified atom stereocenters. The van der Waals surface area contributed by atoms with Gasteiger partial charge in [-0.25, -0.2) is 18.4 Å². The molecule has 0 fully saturated rings. The lowest BCUT2D eigenvalue weighted by Gasteiger charge is -2.09. The number of sulfonamides is 1. The zero-order chi connectivity index (χ0) is 21.1. The summed E-state index contributed by atoms with van der Waals surface area (Å²) in [6, 6.07) is 11.7. The van der Waals surface area contributed by atoms with Gasteiger partial charge in [-0.1, -0.05) is 30.3 Å². The molecule has 0 saturated carbocycles. The predicted molar refractivity (Wildman–Crippen MR) is 112 cm³/mol. The van der Waals surface area contributed by atoms with Crippen LogP contribution in [0.2, 0.25) is 0 Å². The molecule has 30 heavy (non-hydrogen) atoms. The Morgan fingerprint density at radius 1 is 1.03 bits per heavy atom. The molecule has 0 aliphatic carbocycles. The highest BCUT2D eigenvalue weighted by Gasteiger charge is 2.16. The highest BCUT2D eigenvalue weighted by atomic mass is 32.2. The number of nitrogens with one attached hydrogen (secondary N) is 4. The van der Waals surface area contributed by atoms with Crippen LogP contribution in [0.5, 0.6) is 0 Å². The fraction of sp³-hybridized carbons (Fsp3) is 0.0526. The molecule has 1 amide bonds. The second-order valence-corrected chi connectivity index (χ2v) is 8.11. The quantitative estimate of drug-likeness (QED) is 0.371. The van der Waals surface area contributed by atoms with Gasteiger partial charge in [0.15, 0.2) is 0 Å². The molecule has 152 valence electrons. The number of carbonyl (C=O) groups excluding carboxylic acids is 1. The van der Waals surface area contributed by atoms with E-state index >= 15 is 0 Å². The first-order chi connectivity index (χ1) is 14.4. The van der Waals surface area contributed by atoms with Crippen molar-refractivity contribution in [3.8, 4) is 0 Å². The maximum Gasteiger partial charge on any atom is 0.261 e. The number of aromatic nitrogens is 4. The van der Waals surface area contributed by atoms with Gasteiger partial charge in [0.25, 0.3) is 11.5 Å². The molecule has 4 rings (SSSR count). The van der Waals surface area contributed by atoms with Crippen LogP contribution in [0, 0.1) is 0 Å². The summed E-state index contributed by atoms with van der Waals surface area (Å²) in [6.45, 7) is 0. The standard InChI is InChI=1S/C19H16N6O4S/c26-18(14-9-21-17-16(14)19(27)23-11-22-17)24-15-7-6-13(8-20-15)25-30(28,29)10-12-4-2-1-3-5-12/h1-9,11,25H,10H2,(H,20,24,26)(H2,21,22,23,27). The molecule has 0 spiro atoms. The number of benzene rings is 1. The van der Waals surface area contributed by atoms with Gasteiger partial charge in [0.2, 0.25) is 10.0 Å². The van der Waals surface area contributed by atoms with E-state index in [1.54, 1.807) is 24.3 Å². The van der Waals surface area contributed by atoms with Crippen molar-refractivity contribution < 1.29 is 13.2 Å². The highest BCUT2D eigenvalue weighted by molar-refractivity contribution is 7.91. The van der Waals surface area contributed by atoms with E-state index < -0.39 is 21.5 Å². The summed E-state index contributed by atoms with van der Waals surface area (Å²) in [5.41, 5.74) is 0.887. The van der Waals surface area contributed by atoms with Crippen LogP contribution in [0.15, 0.2) is 66.0 Å². The molecule has 4 aromatic rings. The monoisotopic (exact) mass is 424 g/mol. The number of fused-ring (bicyclic) bond motifs is 1. The van der Waals surface area contributed by atoms with E-state index in [0.29, 0.717) is 11.2 Å². The number of rotatable bonds is 6. The SMILES string of the molecule is O=C(Nc1ccc(NS(=O)(=O)Cc2ccccc2)cn1)c1c[nH]c2nc[nH]c(=O)c12. The second kappa shape index (κ2) is 7.79. The first kappa shape index (κ1) is 19.3. The third-order valence-corrected chi connectivity index (χ3v) is 5.46. The normalized spacial score (nSPS) is 11.3. The topological polar surface area (TPSA) is 150 Å². The minimum atomic E-state index is -3.61. The molecule has 11 heteroatoms. The molecule has 0 bridgehead atoms. The number of nitrogens with zero attached hydrogens (tertiary/aromatic N) is 2. The van der Waals surface area contributed by atoms with E-state index in [4.69, 9.17) is 0 Å². The van der Waals surface area contributed by atoms with Crippen molar-refractivity contribution in [3.05, 3.63) is 82.7 Å². The molecule has 10 nitrogen and oxygen atoms in total. The van der Waals surface area contributed by atoms with Gasteiger partial charge in [0.1, 0.15) is 11.5 Å². The van der Waals surface area contributed by atoms with Crippen LogP contribution in [0.25, 0.3) is 11.0 Å². The summed E-state index contributed by atoms with van der Waals surface area (Å²) in [4.78, 5) is 37.6. The van der Waals surface area contributed by atoms with Gasteiger partial charge < -0.3 is 15.3 Å². The molecule has 0 atom stereocenters. The Morgan fingerprint density at radius 3 is 2.57 bits per heavy atom. The third kappa shape index (κ3) is 4.20. The van der Waals surface area contributed by atoms with Crippen molar-refractivity contribution in [1.29, 1.82) is 0 Å². The Morgan fingerprint density at radius 2 is 1.83 bits per heavy atom. The van der Waals surface area contributed by atoms with E-state index in [0.717, 1.165) is 0 Å². The number of pyridine rings is 1. The van der Waals surface area contributed by atoms with Crippen LogP contribution in [0.4, 0.5) is 11.5 Å². The van der Waals surface area contributed by atoms with E-state index in [9.17, 15) is 18.0 Å². The lowest BCUT2D eigenvalue weighted by Crippen LogP contribution is -2.17. The van der Waals surface area contributed by atoms with Crippen molar-refractivity contribution in [1.82, 2.24) is 19.9 Å². The Kier molecular flexibility index (Phi) is 5.02. The molecular weight excluding hydrogens is 408 g/mol. The Hall–Kier alpha value is -3.99. The molecule has 1 aromatic carbocycles. The molecule has 0 aliphatic rings. The number of anilines is 2. The molecule has 4 N–H and O–H groups in total.